The van der Waals surface area contributed by atoms with Crippen molar-refractivity contribution < 1.29 is 48.7 Å². The van der Waals surface area contributed by atoms with Gasteiger partial charge >= 0.3 is 17.9 Å². The Labute approximate surface area is 249 Å². The van der Waals surface area contributed by atoms with Crippen molar-refractivity contribution in [3.05, 3.63) is 36.0 Å². The van der Waals surface area contributed by atoms with E-state index in [1.54, 1.807) is 6.08 Å². The number of aliphatic hydroxyl groups is 3. The van der Waals surface area contributed by atoms with E-state index in [1.807, 2.05) is 39.8 Å². The minimum atomic E-state index is -1.81. The van der Waals surface area contributed by atoms with Gasteiger partial charge in [0.05, 0.1) is 30.8 Å². The second-order valence-electron chi connectivity index (χ2n) is 11.9. The molecule has 0 spiro atoms. The van der Waals surface area contributed by atoms with E-state index in [4.69, 9.17) is 18.9 Å². The highest BCUT2D eigenvalue weighted by Gasteiger charge is 2.45. The lowest BCUT2D eigenvalue weighted by atomic mass is 9.87. The summed E-state index contributed by atoms with van der Waals surface area (Å²) in [6.07, 6.45) is 7.03. The zero-order valence-corrected chi connectivity index (χ0v) is 26.0. The van der Waals surface area contributed by atoms with Crippen molar-refractivity contribution in [3.8, 4) is 0 Å². The van der Waals surface area contributed by atoms with Gasteiger partial charge in [0.15, 0.2) is 6.10 Å². The van der Waals surface area contributed by atoms with Crippen molar-refractivity contribution in [2.24, 2.45) is 17.8 Å². The number of epoxide rings is 1. The standard InChI is InChI=1S/C32H50O10/c1-8-26(36)22(5)31-27(41-31)16-19(2)10-9-11-20(3)30-21(4)12-13-28(40-24(7)34)32(38,18-39-23(6)33)15-14-25(35)17-29(37)42-30/h9-13,19,21-22,25-28,30-31,35-36,38H,8,14-18H2,1-7H3. The second kappa shape index (κ2) is 16.4. The van der Waals surface area contributed by atoms with Gasteiger partial charge in [-0.05, 0) is 50.2 Å². The molecule has 0 aromatic carbocycles. The number of cyclic esters (lactones) is 1. The van der Waals surface area contributed by atoms with Crippen LogP contribution in [0.3, 0.4) is 0 Å². The first-order chi connectivity index (χ1) is 19.7. The molecule has 10 unspecified atom stereocenters. The molecule has 0 saturated carbocycles. The molecule has 0 radical (unpaired) electrons. The SMILES string of the molecule is CCC(O)C(C)C1OC1CC(C)C=CC=C(C)C1OC(=O)CC(O)CCC(O)(COC(C)=O)C(OC(C)=O)C=CC1C. The number of ether oxygens (including phenoxy) is 4. The van der Waals surface area contributed by atoms with Gasteiger partial charge in [0.25, 0.3) is 0 Å². The highest BCUT2D eigenvalue weighted by molar-refractivity contribution is 5.70. The molecule has 10 nitrogen and oxygen atoms in total. The van der Waals surface area contributed by atoms with E-state index in [0.29, 0.717) is 6.42 Å². The predicted octanol–water partition coefficient (Wildman–Crippen LogP) is 3.56. The Balaban J connectivity index is 2.21. The summed E-state index contributed by atoms with van der Waals surface area (Å²) in [5, 5.41) is 32.0. The summed E-state index contributed by atoms with van der Waals surface area (Å²) in [7, 11) is 0. The van der Waals surface area contributed by atoms with Crippen LogP contribution in [0.1, 0.15) is 80.6 Å². The third-order valence-electron chi connectivity index (χ3n) is 8.00. The molecule has 0 aliphatic carbocycles. The average Bonchev–Trinajstić information content (AvgIpc) is 3.68. The van der Waals surface area contributed by atoms with Gasteiger partial charge in [-0.2, -0.15) is 0 Å². The third kappa shape index (κ3) is 11.3. The van der Waals surface area contributed by atoms with Gasteiger partial charge in [0, 0.05) is 25.7 Å². The maximum absolute atomic E-state index is 12.7. The predicted molar refractivity (Wildman–Crippen MR) is 156 cm³/mol. The summed E-state index contributed by atoms with van der Waals surface area (Å²) in [5.74, 6) is -1.91. The molecular formula is C32H50O10. The van der Waals surface area contributed by atoms with Gasteiger partial charge in [-0.3, -0.25) is 14.4 Å². The summed E-state index contributed by atoms with van der Waals surface area (Å²) >= 11 is 0. The molecule has 0 bridgehead atoms. The molecule has 2 aliphatic heterocycles. The maximum Gasteiger partial charge on any atom is 0.309 e. The lowest BCUT2D eigenvalue weighted by molar-refractivity contribution is -0.171. The molecule has 42 heavy (non-hydrogen) atoms. The molecule has 238 valence electrons. The van der Waals surface area contributed by atoms with Crippen LogP contribution in [0.4, 0.5) is 0 Å². The molecule has 10 atom stereocenters. The zero-order valence-electron chi connectivity index (χ0n) is 26.0. The fourth-order valence-corrected chi connectivity index (χ4v) is 5.26. The number of aliphatic hydroxyl groups excluding tert-OH is 2. The third-order valence-corrected chi connectivity index (χ3v) is 8.00. The van der Waals surface area contributed by atoms with Crippen LogP contribution in [-0.2, 0) is 33.3 Å². The van der Waals surface area contributed by atoms with E-state index in [9.17, 15) is 29.7 Å². The van der Waals surface area contributed by atoms with Crippen molar-refractivity contribution in [1.82, 2.24) is 0 Å². The van der Waals surface area contributed by atoms with Crippen LogP contribution in [0.5, 0.6) is 0 Å². The fourth-order valence-electron chi connectivity index (χ4n) is 5.26. The Hall–Kier alpha value is -2.53. The van der Waals surface area contributed by atoms with E-state index in [-0.39, 0.29) is 49.4 Å². The smallest absolute Gasteiger partial charge is 0.309 e. The molecule has 2 aliphatic rings. The molecule has 0 aromatic rings. The molecule has 0 amide bonds. The zero-order chi connectivity index (χ0) is 31.6. The van der Waals surface area contributed by atoms with E-state index >= 15 is 0 Å². The van der Waals surface area contributed by atoms with Gasteiger partial charge in [-0.25, -0.2) is 0 Å². The molecule has 3 N–H and O–H groups in total. The quantitative estimate of drug-likeness (QED) is 0.106. The topological polar surface area (TPSA) is 152 Å². The fraction of sp³-hybridized carbons (Fsp3) is 0.719. The summed E-state index contributed by atoms with van der Waals surface area (Å²) in [6, 6.07) is 0. The number of carbonyl (C=O) groups excluding carboxylic acids is 3. The van der Waals surface area contributed by atoms with Gasteiger partial charge in [-0.1, -0.05) is 52.0 Å². The number of esters is 3. The van der Waals surface area contributed by atoms with Gasteiger partial charge < -0.3 is 34.3 Å². The first kappa shape index (κ1) is 35.7. The Morgan fingerprint density at radius 1 is 1.19 bits per heavy atom. The van der Waals surface area contributed by atoms with Crippen LogP contribution in [0.2, 0.25) is 0 Å². The maximum atomic E-state index is 12.7. The highest BCUT2D eigenvalue weighted by atomic mass is 16.6. The van der Waals surface area contributed by atoms with Crippen molar-refractivity contribution in [2.75, 3.05) is 6.61 Å². The van der Waals surface area contributed by atoms with Crippen molar-refractivity contribution in [3.63, 3.8) is 0 Å². The monoisotopic (exact) mass is 594 g/mol. The van der Waals surface area contributed by atoms with Crippen molar-refractivity contribution in [1.29, 1.82) is 0 Å². The minimum Gasteiger partial charge on any atom is -0.463 e. The summed E-state index contributed by atoms with van der Waals surface area (Å²) in [5.41, 5.74) is -1.05. The van der Waals surface area contributed by atoms with Gasteiger partial charge in [-0.15, -0.1) is 0 Å². The summed E-state index contributed by atoms with van der Waals surface area (Å²) < 4.78 is 22.1. The second-order valence-corrected chi connectivity index (χ2v) is 11.9. The molecule has 0 aromatic heterocycles. The Morgan fingerprint density at radius 3 is 2.50 bits per heavy atom. The minimum absolute atomic E-state index is 0.0180. The van der Waals surface area contributed by atoms with E-state index in [1.165, 1.54) is 19.9 Å². The largest absolute Gasteiger partial charge is 0.463 e. The molecule has 1 saturated heterocycles. The number of carbonyl (C=O) groups is 3. The van der Waals surface area contributed by atoms with Crippen LogP contribution in [0.15, 0.2) is 36.0 Å². The van der Waals surface area contributed by atoms with Crippen LogP contribution in [-0.4, -0.2) is 82.1 Å². The van der Waals surface area contributed by atoms with E-state index in [2.05, 4.69) is 13.0 Å². The molecular weight excluding hydrogens is 544 g/mol. The van der Waals surface area contributed by atoms with Crippen LogP contribution in [0, 0.1) is 17.8 Å². The normalized spacial score (nSPS) is 33.1. The number of allylic oxidation sites excluding steroid dienone is 3. The van der Waals surface area contributed by atoms with Crippen LogP contribution in [0.25, 0.3) is 0 Å². The highest BCUT2D eigenvalue weighted by Crippen LogP contribution is 2.36. The number of hydrogen-bond donors (Lipinski definition) is 3. The molecule has 2 rings (SSSR count). The molecule has 1 fully saturated rings. The van der Waals surface area contributed by atoms with E-state index in [0.717, 1.165) is 12.0 Å². The summed E-state index contributed by atoms with van der Waals surface area (Å²) in [6.45, 7) is 11.7. The lowest BCUT2D eigenvalue weighted by Crippen LogP contribution is -2.49. The Morgan fingerprint density at radius 2 is 1.88 bits per heavy atom. The average molecular weight is 595 g/mol. The van der Waals surface area contributed by atoms with Crippen LogP contribution >= 0.6 is 0 Å². The summed E-state index contributed by atoms with van der Waals surface area (Å²) in [4.78, 5) is 36.1. The van der Waals surface area contributed by atoms with Crippen molar-refractivity contribution in [2.45, 2.75) is 123 Å². The first-order valence-electron chi connectivity index (χ1n) is 14.9. The number of hydrogen-bond acceptors (Lipinski definition) is 10. The van der Waals surface area contributed by atoms with Gasteiger partial charge in [0.1, 0.15) is 18.3 Å². The Kier molecular flexibility index (Phi) is 13.9. The molecule has 2 heterocycles. The van der Waals surface area contributed by atoms with Gasteiger partial charge in [0.2, 0.25) is 0 Å². The van der Waals surface area contributed by atoms with Crippen molar-refractivity contribution >= 4 is 17.9 Å². The lowest BCUT2D eigenvalue weighted by Gasteiger charge is -2.34. The Bertz CT molecular complexity index is 1000. The van der Waals surface area contributed by atoms with E-state index < -0.39 is 54.3 Å². The molecule has 10 heteroatoms. The van der Waals surface area contributed by atoms with Crippen LogP contribution < -0.4 is 0 Å². The first-order valence-corrected chi connectivity index (χ1v) is 14.9. The number of rotatable bonds is 11.